The van der Waals surface area contributed by atoms with Crippen LogP contribution in [-0.4, -0.2) is 53.7 Å². The Morgan fingerprint density at radius 3 is 2.45 bits per heavy atom. The average molecular weight is 328 g/mol. The molecule has 1 amide bonds. The molecule has 0 atom stereocenters. The van der Waals surface area contributed by atoms with Crippen molar-refractivity contribution in [3.05, 3.63) is 28.5 Å². The average Bonchev–Trinajstić information content (AvgIpc) is 2.37. The highest BCUT2D eigenvalue weighted by Gasteiger charge is 2.19. The van der Waals surface area contributed by atoms with Gasteiger partial charge in [-0.15, -0.1) is 0 Å². The predicted molar refractivity (Wildman–Crippen MR) is 89.2 cm³/mol. The molecule has 0 aliphatic rings. The number of carbonyl (C=O) groups excluding carboxylic acids is 1. The summed E-state index contributed by atoms with van der Waals surface area (Å²) in [5.41, 5.74) is 1.41. The van der Waals surface area contributed by atoms with Crippen LogP contribution in [0, 0.1) is 6.92 Å². The van der Waals surface area contributed by atoms with Gasteiger partial charge in [0.15, 0.2) is 0 Å². The zero-order valence-corrected chi connectivity index (χ0v) is 15.1. The van der Waals surface area contributed by atoms with Crippen molar-refractivity contribution in [3.63, 3.8) is 0 Å². The van der Waals surface area contributed by atoms with Crippen LogP contribution in [0.25, 0.3) is 0 Å². The van der Waals surface area contributed by atoms with Crippen LogP contribution in [0.2, 0.25) is 5.15 Å². The fraction of sp³-hybridized carbons (Fsp3) is 0.625. The number of likely N-dealkylation sites (N-methyl/N-ethyl adjacent to an activating group) is 2. The Balaban J connectivity index is 2.45. The van der Waals surface area contributed by atoms with Gasteiger partial charge in [0, 0.05) is 37.9 Å². The molecule has 124 valence electrons. The lowest BCUT2D eigenvalue weighted by molar-refractivity contribution is 0.0286. The molecule has 0 saturated carbocycles. The molecule has 1 heterocycles. The van der Waals surface area contributed by atoms with E-state index < -0.39 is 5.60 Å². The van der Waals surface area contributed by atoms with E-state index >= 15 is 0 Å². The van der Waals surface area contributed by atoms with Crippen LogP contribution < -0.4 is 0 Å². The second-order valence-electron chi connectivity index (χ2n) is 6.54. The molecule has 0 unspecified atom stereocenters. The molecular weight excluding hydrogens is 302 g/mol. The van der Waals surface area contributed by atoms with Gasteiger partial charge >= 0.3 is 6.09 Å². The maximum Gasteiger partial charge on any atom is 0.410 e. The monoisotopic (exact) mass is 327 g/mol. The van der Waals surface area contributed by atoms with Gasteiger partial charge in [0.05, 0.1) is 0 Å². The minimum Gasteiger partial charge on any atom is -0.444 e. The van der Waals surface area contributed by atoms with Crippen molar-refractivity contribution in [1.82, 2.24) is 14.8 Å². The summed E-state index contributed by atoms with van der Waals surface area (Å²) in [6.45, 7) is 9.48. The number of rotatable bonds is 5. The van der Waals surface area contributed by atoms with Crippen LogP contribution in [0.5, 0.6) is 0 Å². The Kier molecular flexibility index (Phi) is 6.63. The van der Waals surface area contributed by atoms with Crippen LogP contribution in [0.3, 0.4) is 0 Å². The van der Waals surface area contributed by atoms with E-state index in [1.54, 1.807) is 11.9 Å². The number of nitrogens with zero attached hydrogens (tertiary/aromatic N) is 3. The van der Waals surface area contributed by atoms with Crippen molar-refractivity contribution in [2.24, 2.45) is 0 Å². The number of ether oxygens (including phenoxy) is 1. The first kappa shape index (κ1) is 18.7. The first-order valence-electron chi connectivity index (χ1n) is 7.33. The summed E-state index contributed by atoms with van der Waals surface area (Å²) in [6, 6.07) is 3.93. The maximum atomic E-state index is 11.9. The van der Waals surface area contributed by atoms with Crippen LogP contribution in [0.15, 0.2) is 12.1 Å². The van der Waals surface area contributed by atoms with Gasteiger partial charge in [-0.05, 0) is 40.8 Å². The van der Waals surface area contributed by atoms with E-state index in [1.165, 1.54) is 0 Å². The lowest BCUT2D eigenvalue weighted by Gasteiger charge is -2.26. The van der Waals surface area contributed by atoms with Crippen molar-refractivity contribution in [2.75, 3.05) is 27.2 Å². The molecule has 1 rings (SSSR count). The molecule has 1 aromatic rings. The highest BCUT2D eigenvalue weighted by molar-refractivity contribution is 6.30. The Morgan fingerprint density at radius 2 is 1.91 bits per heavy atom. The molecule has 0 spiro atoms. The number of carbonyl (C=O) groups is 1. The lowest BCUT2D eigenvalue weighted by atomic mass is 10.2. The number of amides is 1. The highest BCUT2D eigenvalue weighted by atomic mass is 35.5. The quantitative estimate of drug-likeness (QED) is 0.778. The standard InChI is InChI=1S/C16H26ClN3O2/c1-12-7-8-13(14(17)18-12)11-19(5)9-10-20(6)15(21)22-16(2,3)4/h7-8H,9-11H2,1-6H3. The summed E-state index contributed by atoms with van der Waals surface area (Å²) in [5, 5.41) is 0.535. The third-order valence-corrected chi connectivity index (χ3v) is 3.36. The van der Waals surface area contributed by atoms with Crippen molar-refractivity contribution < 1.29 is 9.53 Å². The van der Waals surface area contributed by atoms with Crippen molar-refractivity contribution in [3.8, 4) is 0 Å². The molecule has 22 heavy (non-hydrogen) atoms. The molecule has 0 saturated heterocycles. The Bertz CT molecular complexity index is 515. The number of hydrogen-bond donors (Lipinski definition) is 0. The first-order chi connectivity index (χ1) is 10.1. The van der Waals surface area contributed by atoms with Gasteiger partial charge in [0.2, 0.25) is 0 Å². The Labute approximate surface area is 138 Å². The summed E-state index contributed by atoms with van der Waals surface area (Å²) in [5.74, 6) is 0. The van der Waals surface area contributed by atoms with Crippen molar-refractivity contribution in [1.29, 1.82) is 0 Å². The smallest absolute Gasteiger partial charge is 0.410 e. The molecule has 0 aliphatic carbocycles. The summed E-state index contributed by atoms with van der Waals surface area (Å²) < 4.78 is 5.32. The van der Waals surface area contributed by atoms with Gasteiger partial charge in [0.25, 0.3) is 0 Å². The van der Waals surface area contributed by atoms with E-state index in [0.29, 0.717) is 18.2 Å². The van der Waals surface area contributed by atoms with Crippen molar-refractivity contribution >= 4 is 17.7 Å². The van der Waals surface area contributed by atoms with Gasteiger partial charge in [-0.1, -0.05) is 17.7 Å². The second kappa shape index (κ2) is 7.79. The number of halogens is 1. The molecule has 0 fully saturated rings. The molecule has 0 N–H and O–H groups in total. The van der Waals surface area contributed by atoms with Gasteiger partial charge in [-0.25, -0.2) is 9.78 Å². The fourth-order valence-electron chi connectivity index (χ4n) is 1.79. The molecule has 0 aliphatic heterocycles. The molecule has 0 bridgehead atoms. The highest BCUT2D eigenvalue weighted by Crippen LogP contribution is 2.15. The number of hydrogen-bond acceptors (Lipinski definition) is 4. The van der Waals surface area contributed by atoms with Gasteiger partial charge in [0.1, 0.15) is 10.8 Å². The predicted octanol–water partition coefficient (Wildman–Crippen LogP) is 3.34. The summed E-state index contributed by atoms with van der Waals surface area (Å²) in [6.07, 6.45) is -0.309. The molecule has 1 aromatic heterocycles. The second-order valence-corrected chi connectivity index (χ2v) is 6.90. The molecule has 0 radical (unpaired) electrons. The molecular formula is C16H26ClN3O2. The van der Waals surface area contributed by atoms with E-state index in [-0.39, 0.29) is 6.09 Å². The summed E-state index contributed by atoms with van der Waals surface area (Å²) >= 11 is 6.14. The minimum absolute atomic E-state index is 0.309. The third-order valence-electron chi connectivity index (χ3n) is 3.03. The normalized spacial score (nSPS) is 11.6. The van der Waals surface area contributed by atoms with Gasteiger partial charge in [-0.2, -0.15) is 0 Å². The van der Waals surface area contributed by atoms with E-state index in [4.69, 9.17) is 16.3 Å². The lowest BCUT2D eigenvalue weighted by Crippen LogP contribution is -2.38. The van der Waals surface area contributed by atoms with E-state index in [0.717, 1.165) is 17.8 Å². The fourth-order valence-corrected chi connectivity index (χ4v) is 2.05. The minimum atomic E-state index is -0.474. The summed E-state index contributed by atoms with van der Waals surface area (Å²) in [4.78, 5) is 19.8. The van der Waals surface area contributed by atoms with Crippen molar-refractivity contribution in [2.45, 2.75) is 39.8 Å². The molecule has 5 nitrogen and oxygen atoms in total. The van der Waals surface area contributed by atoms with Gasteiger partial charge in [-0.3, -0.25) is 0 Å². The SMILES string of the molecule is Cc1ccc(CN(C)CCN(C)C(=O)OC(C)(C)C)c(Cl)n1. The van der Waals surface area contributed by atoms with Crippen LogP contribution >= 0.6 is 11.6 Å². The third kappa shape index (κ3) is 6.62. The van der Waals surface area contributed by atoms with E-state index in [2.05, 4.69) is 9.88 Å². The van der Waals surface area contributed by atoms with Crippen LogP contribution in [0.4, 0.5) is 4.79 Å². The van der Waals surface area contributed by atoms with E-state index in [1.807, 2.05) is 46.9 Å². The van der Waals surface area contributed by atoms with Crippen LogP contribution in [-0.2, 0) is 11.3 Å². The zero-order valence-electron chi connectivity index (χ0n) is 14.3. The Hall–Kier alpha value is -1.33. The largest absolute Gasteiger partial charge is 0.444 e. The Morgan fingerprint density at radius 1 is 1.27 bits per heavy atom. The zero-order chi connectivity index (χ0) is 16.9. The first-order valence-corrected chi connectivity index (χ1v) is 7.71. The summed E-state index contributed by atoms with van der Waals surface area (Å²) in [7, 11) is 3.72. The number of aryl methyl sites for hydroxylation is 1. The molecule has 6 heteroatoms. The van der Waals surface area contributed by atoms with Gasteiger partial charge < -0.3 is 14.5 Å². The van der Waals surface area contributed by atoms with Crippen LogP contribution in [0.1, 0.15) is 32.0 Å². The number of pyridine rings is 1. The maximum absolute atomic E-state index is 11.9. The number of aromatic nitrogens is 1. The van der Waals surface area contributed by atoms with E-state index in [9.17, 15) is 4.79 Å². The topological polar surface area (TPSA) is 45.7 Å². The molecule has 0 aromatic carbocycles.